The molecule has 0 fully saturated rings. The van der Waals surface area contributed by atoms with E-state index >= 15 is 0 Å². The summed E-state index contributed by atoms with van der Waals surface area (Å²) in [5.74, 6) is 0.136. The molecule has 0 unspecified atom stereocenters. The van der Waals surface area contributed by atoms with Crippen molar-refractivity contribution in [1.29, 1.82) is 0 Å². The fourth-order valence-electron chi connectivity index (χ4n) is 1.48. The molecule has 1 aromatic heterocycles. The maximum atomic E-state index is 13.4. The predicted octanol–water partition coefficient (Wildman–Crippen LogP) is 1.60. The van der Waals surface area contributed by atoms with Crippen LogP contribution in [-0.4, -0.2) is 9.78 Å². The number of nitrogens with zero attached hydrogens (tertiary/aromatic N) is 2. The zero-order valence-electron chi connectivity index (χ0n) is 9.56. The van der Waals surface area contributed by atoms with E-state index in [0.29, 0.717) is 17.9 Å². The van der Waals surface area contributed by atoms with Crippen LogP contribution in [0.2, 0.25) is 0 Å². The van der Waals surface area contributed by atoms with E-state index in [-0.39, 0.29) is 12.4 Å². The van der Waals surface area contributed by atoms with Gasteiger partial charge in [0.25, 0.3) is 0 Å². The molecular weight excluding hydrogens is 221 g/mol. The molecule has 0 radical (unpaired) electrons. The van der Waals surface area contributed by atoms with Crippen molar-refractivity contribution in [2.24, 2.45) is 12.8 Å². The van der Waals surface area contributed by atoms with Crippen LogP contribution in [0.5, 0.6) is 5.75 Å². The van der Waals surface area contributed by atoms with Gasteiger partial charge in [-0.05, 0) is 12.1 Å². The second-order valence-electron chi connectivity index (χ2n) is 3.73. The average Bonchev–Trinajstić information content (AvgIpc) is 2.73. The molecule has 4 nitrogen and oxygen atoms in total. The highest BCUT2D eigenvalue weighted by Gasteiger charge is 2.03. The lowest BCUT2D eigenvalue weighted by atomic mass is 10.2. The van der Waals surface area contributed by atoms with Crippen molar-refractivity contribution in [3.8, 4) is 5.75 Å². The van der Waals surface area contributed by atoms with E-state index < -0.39 is 0 Å². The first-order valence-corrected chi connectivity index (χ1v) is 5.29. The van der Waals surface area contributed by atoms with Crippen LogP contribution in [-0.2, 0) is 20.2 Å². The molecule has 0 saturated carbocycles. The Morgan fingerprint density at radius 3 is 2.82 bits per heavy atom. The van der Waals surface area contributed by atoms with Crippen molar-refractivity contribution in [2.75, 3.05) is 0 Å². The maximum Gasteiger partial charge on any atom is 0.132 e. The van der Waals surface area contributed by atoms with Crippen molar-refractivity contribution in [1.82, 2.24) is 9.78 Å². The highest BCUT2D eigenvalue weighted by atomic mass is 19.1. The quantitative estimate of drug-likeness (QED) is 0.875. The van der Waals surface area contributed by atoms with E-state index in [4.69, 9.17) is 10.5 Å². The van der Waals surface area contributed by atoms with E-state index in [2.05, 4.69) is 5.10 Å². The van der Waals surface area contributed by atoms with Crippen molar-refractivity contribution in [2.45, 2.75) is 13.2 Å². The Kier molecular flexibility index (Phi) is 3.39. The lowest BCUT2D eigenvalue weighted by molar-refractivity contribution is 0.298. The Balaban J connectivity index is 2.02. The lowest BCUT2D eigenvalue weighted by Crippen LogP contribution is -2.01. The number of benzene rings is 1. The molecule has 0 saturated heterocycles. The van der Waals surface area contributed by atoms with Crippen LogP contribution in [0.4, 0.5) is 4.39 Å². The Bertz CT molecular complexity index is 510. The zero-order valence-corrected chi connectivity index (χ0v) is 9.56. The minimum atomic E-state index is -0.342. The van der Waals surface area contributed by atoms with E-state index in [1.165, 1.54) is 6.07 Å². The second-order valence-corrected chi connectivity index (χ2v) is 3.73. The van der Waals surface area contributed by atoms with Crippen LogP contribution in [0.25, 0.3) is 0 Å². The van der Waals surface area contributed by atoms with Gasteiger partial charge in [-0.15, -0.1) is 0 Å². The summed E-state index contributed by atoms with van der Waals surface area (Å²) in [5.41, 5.74) is 6.66. The molecule has 2 rings (SSSR count). The molecule has 5 heteroatoms. The molecular formula is C12H14FN3O. The number of hydrogen-bond acceptors (Lipinski definition) is 3. The topological polar surface area (TPSA) is 53.1 Å². The largest absolute Gasteiger partial charge is 0.487 e. The van der Waals surface area contributed by atoms with Gasteiger partial charge in [0.15, 0.2) is 0 Å². The van der Waals surface area contributed by atoms with Gasteiger partial charge >= 0.3 is 0 Å². The molecule has 1 aromatic carbocycles. The van der Waals surface area contributed by atoms with Crippen molar-refractivity contribution < 1.29 is 9.13 Å². The van der Waals surface area contributed by atoms with Gasteiger partial charge in [-0.2, -0.15) is 5.10 Å². The minimum Gasteiger partial charge on any atom is -0.487 e. The molecule has 0 spiro atoms. The van der Waals surface area contributed by atoms with Crippen LogP contribution in [0, 0.1) is 5.82 Å². The molecule has 2 aromatic rings. The van der Waals surface area contributed by atoms with E-state index in [1.807, 2.05) is 19.3 Å². The molecule has 1 heterocycles. The van der Waals surface area contributed by atoms with Crippen LogP contribution >= 0.6 is 0 Å². The first-order chi connectivity index (χ1) is 8.19. The van der Waals surface area contributed by atoms with Crippen molar-refractivity contribution in [3.05, 3.63) is 47.5 Å². The normalized spacial score (nSPS) is 10.5. The molecule has 0 bridgehead atoms. The highest BCUT2D eigenvalue weighted by molar-refractivity contribution is 5.28. The first kappa shape index (κ1) is 11.6. The Morgan fingerprint density at radius 1 is 1.41 bits per heavy atom. The van der Waals surface area contributed by atoms with Crippen LogP contribution in [0.1, 0.15) is 11.3 Å². The fourth-order valence-corrected chi connectivity index (χ4v) is 1.48. The van der Waals surface area contributed by atoms with E-state index in [1.54, 1.807) is 16.8 Å². The van der Waals surface area contributed by atoms with Crippen molar-refractivity contribution >= 4 is 0 Å². The number of nitrogens with two attached hydrogens (primary N) is 1. The van der Waals surface area contributed by atoms with Gasteiger partial charge in [0.05, 0.1) is 5.69 Å². The van der Waals surface area contributed by atoms with Gasteiger partial charge in [-0.25, -0.2) is 4.39 Å². The zero-order chi connectivity index (χ0) is 12.3. The van der Waals surface area contributed by atoms with Gasteiger partial charge in [-0.1, -0.05) is 6.07 Å². The Hall–Kier alpha value is -1.88. The summed E-state index contributed by atoms with van der Waals surface area (Å²) in [5, 5.41) is 4.16. The van der Waals surface area contributed by atoms with Crippen LogP contribution in [0.3, 0.4) is 0 Å². The summed E-state index contributed by atoms with van der Waals surface area (Å²) >= 11 is 0. The molecule has 0 amide bonds. The second kappa shape index (κ2) is 4.97. The third kappa shape index (κ3) is 2.82. The van der Waals surface area contributed by atoms with Crippen molar-refractivity contribution in [3.63, 3.8) is 0 Å². The van der Waals surface area contributed by atoms with Gasteiger partial charge in [0, 0.05) is 31.4 Å². The summed E-state index contributed by atoms with van der Waals surface area (Å²) in [7, 11) is 1.83. The maximum absolute atomic E-state index is 13.4. The number of halogens is 1. The molecule has 90 valence electrons. The molecule has 0 atom stereocenters. The summed E-state index contributed by atoms with van der Waals surface area (Å²) in [6, 6.07) is 6.52. The molecule has 0 aliphatic heterocycles. The van der Waals surface area contributed by atoms with E-state index in [9.17, 15) is 4.39 Å². The summed E-state index contributed by atoms with van der Waals surface area (Å²) in [6.45, 7) is 0.509. The number of aryl methyl sites for hydroxylation is 1. The smallest absolute Gasteiger partial charge is 0.132 e. The molecule has 0 aliphatic rings. The highest BCUT2D eigenvalue weighted by Crippen LogP contribution is 2.17. The number of hydrogen-bond donors (Lipinski definition) is 1. The van der Waals surface area contributed by atoms with Gasteiger partial charge < -0.3 is 10.5 Å². The number of aromatic nitrogens is 2. The van der Waals surface area contributed by atoms with Gasteiger partial charge in [0.1, 0.15) is 18.2 Å². The molecule has 0 aliphatic carbocycles. The Labute approximate surface area is 98.8 Å². The van der Waals surface area contributed by atoms with Gasteiger partial charge in [-0.3, -0.25) is 4.68 Å². The molecule has 17 heavy (non-hydrogen) atoms. The lowest BCUT2D eigenvalue weighted by Gasteiger charge is -2.06. The predicted molar refractivity (Wildman–Crippen MR) is 61.8 cm³/mol. The summed E-state index contributed by atoms with van der Waals surface area (Å²) in [6.07, 6.45) is 1.83. The average molecular weight is 235 g/mol. The first-order valence-electron chi connectivity index (χ1n) is 5.29. The van der Waals surface area contributed by atoms with Crippen LogP contribution < -0.4 is 10.5 Å². The Morgan fingerprint density at radius 2 is 2.24 bits per heavy atom. The molecule has 2 N–H and O–H groups in total. The minimum absolute atomic E-state index is 0.187. The third-order valence-electron chi connectivity index (χ3n) is 2.40. The number of rotatable bonds is 4. The van der Waals surface area contributed by atoms with Gasteiger partial charge in [0.2, 0.25) is 0 Å². The van der Waals surface area contributed by atoms with Crippen LogP contribution in [0.15, 0.2) is 30.5 Å². The summed E-state index contributed by atoms with van der Waals surface area (Å²) in [4.78, 5) is 0. The third-order valence-corrected chi connectivity index (χ3v) is 2.40. The monoisotopic (exact) mass is 235 g/mol. The summed E-state index contributed by atoms with van der Waals surface area (Å²) < 4.78 is 20.5. The standard InChI is InChI=1S/C12H14FN3O/c1-16-5-4-10(15-16)8-17-11-3-2-9(7-14)12(13)6-11/h2-6H,7-8,14H2,1H3. The SMILES string of the molecule is Cn1ccc(COc2ccc(CN)c(F)c2)n1. The fraction of sp³-hybridized carbons (Fsp3) is 0.250. The van der Waals surface area contributed by atoms with E-state index in [0.717, 1.165) is 5.69 Å². The number of ether oxygens (including phenoxy) is 1.